The van der Waals surface area contributed by atoms with E-state index in [1.807, 2.05) is 0 Å². The van der Waals surface area contributed by atoms with Crippen LogP contribution in [0.1, 0.15) is 35.3 Å². The van der Waals surface area contributed by atoms with E-state index in [4.69, 9.17) is 4.42 Å². The molecule has 3 heterocycles. The molecule has 6 heteroatoms. The summed E-state index contributed by atoms with van der Waals surface area (Å²) in [5, 5.41) is 5.21. The highest BCUT2D eigenvalue weighted by Crippen LogP contribution is 2.29. The summed E-state index contributed by atoms with van der Waals surface area (Å²) in [6.45, 7) is 9.60. The fraction of sp³-hybridized carbons (Fsp3) is 0.500. The normalized spacial score (nSPS) is 19.1. The summed E-state index contributed by atoms with van der Waals surface area (Å²) in [6, 6.07) is 7.88. The molecule has 0 spiro atoms. The Morgan fingerprint density at radius 1 is 1.29 bits per heavy atom. The molecule has 2 atom stereocenters. The van der Waals surface area contributed by atoms with E-state index in [2.05, 4.69) is 46.5 Å². The lowest BCUT2D eigenvalue weighted by molar-refractivity contribution is 0.0739. The minimum atomic E-state index is -0.152. The Morgan fingerprint density at radius 2 is 2.08 bits per heavy atom. The van der Waals surface area contributed by atoms with E-state index in [0.29, 0.717) is 5.76 Å². The molecule has 5 nitrogen and oxygen atoms in total. The fourth-order valence-corrected chi connectivity index (χ4v) is 4.29. The van der Waals surface area contributed by atoms with Gasteiger partial charge in [0.25, 0.3) is 5.91 Å². The molecule has 3 rings (SSSR count). The number of thiophene rings is 1. The van der Waals surface area contributed by atoms with Crippen molar-refractivity contribution in [1.29, 1.82) is 0 Å². The monoisotopic (exact) mass is 347 g/mol. The quantitative estimate of drug-likeness (QED) is 0.873. The van der Waals surface area contributed by atoms with Gasteiger partial charge in [0.05, 0.1) is 12.3 Å². The molecule has 0 radical (unpaired) electrons. The summed E-state index contributed by atoms with van der Waals surface area (Å²) in [6.07, 6.45) is 1.53. The number of amides is 1. The Bertz CT molecular complexity index is 619. The van der Waals surface area contributed by atoms with E-state index in [0.717, 1.165) is 32.7 Å². The highest BCUT2D eigenvalue weighted by molar-refractivity contribution is 7.10. The third-order valence-corrected chi connectivity index (χ3v) is 5.60. The maximum Gasteiger partial charge on any atom is 0.287 e. The minimum absolute atomic E-state index is 0.00873. The van der Waals surface area contributed by atoms with Crippen LogP contribution in [-0.4, -0.2) is 54.5 Å². The number of nitrogens with one attached hydrogen (secondary N) is 1. The molecule has 1 saturated heterocycles. The zero-order valence-corrected chi connectivity index (χ0v) is 15.1. The van der Waals surface area contributed by atoms with Crippen LogP contribution in [-0.2, 0) is 0 Å². The van der Waals surface area contributed by atoms with Gasteiger partial charge < -0.3 is 14.6 Å². The zero-order chi connectivity index (χ0) is 16.9. The lowest BCUT2D eigenvalue weighted by Crippen LogP contribution is -2.52. The summed E-state index contributed by atoms with van der Waals surface area (Å²) in [4.78, 5) is 18.6. The van der Waals surface area contributed by atoms with Gasteiger partial charge in [0, 0.05) is 37.1 Å². The van der Waals surface area contributed by atoms with Crippen LogP contribution in [0.3, 0.4) is 0 Å². The van der Waals surface area contributed by atoms with E-state index >= 15 is 0 Å². The number of carbonyl (C=O) groups excluding carboxylic acids is 1. The average molecular weight is 347 g/mol. The molecule has 0 saturated carbocycles. The number of carbonyl (C=O) groups is 1. The number of nitrogens with zero attached hydrogens (tertiary/aromatic N) is 2. The molecule has 2 aromatic rings. The molecule has 0 aliphatic carbocycles. The van der Waals surface area contributed by atoms with Crippen molar-refractivity contribution < 1.29 is 9.21 Å². The van der Waals surface area contributed by atoms with Gasteiger partial charge >= 0.3 is 0 Å². The van der Waals surface area contributed by atoms with Crippen molar-refractivity contribution >= 4 is 17.2 Å². The smallest absolute Gasteiger partial charge is 0.287 e. The first kappa shape index (κ1) is 17.2. The second-order valence-electron chi connectivity index (χ2n) is 6.17. The highest BCUT2D eigenvalue weighted by Gasteiger charge is 2.30. The molecule has 130 valence electrons. The number of furan rings is 1. The van der Waals surface area contributed by atoms with Gasteiger partial charge in [-0.25, -0.2) is 0 Å². The van der Waals surface area contributed by atoms with Gasteiger partial charge in [-0.05, 0) is 37.0 Å². The van der Waals surface area contributed by atoms with Crippen LogP contribution >= 0.6 is 11.3 Å². The molecule has 1 amide bonds. The maximum atomic E-state index is 12.3. The Hall–Kier alpha value is -1.63. The standard InChI is InChI=1S/C18H25N3O2S/c1-3-20-8-10-21(11-9-20)17(16-7-5-13-24-16)14(2)19-18(22)15-6-4-12-23-15/h4-7,12-14,17H,3,8-11H2,1-2H3,(H,19,22)/t14-,17+/m0/s1. The first-order chi connectivity index (χ1) is 11.7. The fourth-order valence-electron chi connectivity index (χ4n) is 3.32. The second kappa shape index (κ2) is 7.96. The van der Waals surface area contributed by atoms with Crippen LogP contribution in [0.2, 0.25) is 0 Å². The summed E-state index contributed by atoms with van der Waals surface area (Å²) in [5.41, 5.74) is 0. The van der Waals surface area contributed by atoms with Crippen molar-refractivity contribution in [3.05, 3.63) is 46.5 Å². The lowest BCUT2D eigenvalue weighted by Gasteiger charge is -2.41. The summed E-state index contributed by atoms with van der Waals surface area (Å²) < 4.78 is 5.21. The maximum absolute atomic E-state index is 12.3. The van der Waals surface area contributed by atoms with Crippen molar-refractivity contribution in [3.8, 4) is 0 Å². The van der Waals surface area contributed by atoms with E-state index < -0.39 is 0 Å². The van der Waals surface area contributed by atoms with Gasteiger partial charge in [0.2, 0.25) is 0 Å². The number of likely N-dealkylation sites (N-methyl/N-ethyl adjacent to an activating group) is 1. The van der Waals surface area contributed by atoms with E-state index in [1.54, 1.807) is 23.5 Å². The van der Waals surface area contributed by atoms with Crippen molar-refractivity contribution in [2.45, 2.75) is 25.9 Å². The molecule has 0 aromatic carbocycles. The summed E-state index contributed by atoms with van der Waals surface area (Å²) >= 11 is 1.75. The topological polar surface area (TPSA) is 48.7 Å². The van der Waals surface area contributed by atoms with Gasteiger partial charge in [-0.1, -0.05) is 13.0 Å². The van der Waals surface area contributed by atoms with E-state index in [9.17, 15) is 4.79 Å². The van der Waals surface area contributed by atoms with Crippen LogP contribution in [0.15, 0.2) is 40.3 Å². The molecule has 1 fully saturated rings. The van der Waals surface area contributed by atoms with E-state index in [-0.39, 0.29) is 18.0 Å². The Kier molecular flexibility index (Phi) is 5.71. The summed E-state index contributed by atoms with van der Waals surface area (Å²) in [7, 11) is 0. The number of rotatable bonds is 6. The van der Waals surface area contributed by atoms with Gasteiger partial charge in [-0.15, -0.1) is 11.3 Å². The Labute approximate surface area is 147 Å². The van der Waals surface area contributed by atoms with Crippen molar-refractivity contribution in [2.75, 3.05) is 32.7 Å². The zero-order valence-electron chi connectivity index (χ0n) is 14.3. The van der Waals surface area contributed by atoms with Crippen molar-refractivity contribution in [2.24, 2.45) is 0 Å². The van der Waals surface area contributed by atoms with Crippen LogP contribution in [0.25, 0.3) is 0 Å². The first-order valence-electron chi connectivity index (χ1n) is 8.53. The molecule has 0 bridgehead atoms. The molecular formula is C18H25N3O2S. The molecule has 2 aromatic heterocycles. The van der Waals surface area contributed by atoms with Crippen molar-refractivity contribution in [1.82, 2.24) is 15.1 Å². The van der Waals surface area contributed by atoms with Gasteiger partial charge in [0.1, 0.15) is 0 Å². The third kappa shape index (κ3) is 3.88. The van der Waals surface area contributed by atoms with Crippen LogP contribution < -0.4 is 5.32 Å². The van der Waals surface area contributed by atoms with Crippen LogP contribution in [0, 0.1) is 0 Å². The average Bonchev–Trinajstić information content (AvgIpc) is 3.29. The lowest BCUT2D eigenvalue weighted by atomic mass is 10.0. The third-order valence-electron chi connectivity index (χ3n) is 4.66. The highest BCUT2D eigenvalue weighted by atomic mass is 32.1. The predicted molar refractivity (Wildman–Crippen MR) is 96.4 cm³/mol. The van der Waals surface area contributed by atoms with E-state index in [1.165, 1.54) is 11.1 Å². The van der Waals surface area contributed by atoms with Crippen molar-refractivity contribution in [3.63, 3.8) is 0 Å². The number of hydrogen-bond donors (Lipinski definition) is 1. The Morgan fingerprint density at radius 3 is 2.67 bits per heavy atom. The van der Waals surface area contributed by atoms with Gasteiger partial charge in [0.15, 0.2) is 5.76 Å². The molecule has 1 aliphatic heterocycles. The predicted octanol–water partition coefficient (Wildman–Crippen LogP) is 2.84. The molecule has 0 unspecified atom stereocenters. The summed E-state index contributed by atoms with van der Waals surface area (Å²) in [5.74, 6) is 0.212. The largest absolute Gasteiger partial charge is 0.459 e. The minimum Gasteiger partial charge on any atom is -0.459 e. The SMILES string of the molecule is CCN1CCN([C@@H](c2cccs2)[C@H](C)NC(=O)c2ccco2)CC1. The van der Waals surface area contributed by atoms with Crippen LogP contribution in [0.5, 0.6) is 0 Å². The van der Waals surface area contributed by atoms with Crippen LogP contribution in [0.4, 0.5) is 0 Å². The molecule has 1 N–H and O–H groups in total. The first-order valence-corrected chi connectivity index (χ1v) is 9.41. The number of piperazine rings is 1. The Balaban J connectivity index is 1.72. The molecule has 24 heavy (non-hydrogen) atoms. The van der Waals surface area contributed by atoms with Gasteiger partial charge in [-0.3, -0.25) is 9.69 Å². The molecular weight excluding hydrogens is 322 g/mol. The second-order valence-corrected chi connectivity index (χ2v) is 7.15. The molecule has 1 aliphatic rings. The number of hydrogen-bond acceptors (Lipinski definition) is 5. The van der Waals surface area contributed by atoms with Gasteiger partial charge in [-0.2, -0.15) is 0 Å².